The van der Waals surface area contributed by atoms with E-state index in [9.17, 15) is 4.79 Å². The van der Waals surface area contributed by atoms with Gasteiger partial charge in [0.2, 0.25) is 5.91 Å². The summed E-state index contributed by atoms with van der Waals surface area (Å²) in [6.07, 6.45) is 5.05. The number of nitrogen functional groups attached to an aromatic ring is 1. The lowest BCUT2D eigenvalue weighted by Gasteiger charge is -2.01. The molecule has 0 aliphatic rings. The summed E-state index contributed by atoms with van der Waals surface area (Å²) in [6.45, 7) is 1.90. The van der Waals surface area contributed by atoms with E-state index in [1.165, 1.54) is 6.92 Å². The molecule has 0 aliphatic heterocycles. The van der Waals surface area contributed by atoms with Crippen LogP contribution < -0.4 is 11.1 Å². The average Bonchev–Trinajstić information content (AvgIpc) is 2.15. The fourth-order valence-corrected chi connectivity index (χ4v) is 1.23. The number of hydrogen-bond donors (Lipinski definition) is 2. The highest BCUT2D eigenvalue weighted by molar-refractivity contribution is 6.31. The van der Waals surface area contributed by atoms with Crippen LogP contribution in [0.25, 0.3) is 6.08 Å². The smallest absolute Gasteiger partial charge is 0.217 e. The van der Waals surface area contributed by atoms with Gasteiger partial charge < -0.3 is 11.1 Å². The second kappa shape index (κ2) is 5.36. The van der Waals surface area contributed by atoms with E-state index in [0.29, 0.717) is 22.9 Å². The van der Waals surface area contributed by atoms with Crippen molar-refractivity contribution in [3.63, 3.8) is 0 Å². The number of carbonyl (C=O) groups excluding carboxylic acids is 1. The number of carbonyl (C=O) groups is 1. The number of pyridine rings is 1. The van der Waals surface area contributed by atoms with Crippen molar-refractivity contribution in [2.45, 2.75) is 6.92 Å². The molecule has 0 radical (unpaired) electrons. The van der Waals surface area contributed by atoms with Crippen LogP contribution in [0.1, 0.15) is 12.5 Å². The molecule has 1 amide bonds. The van der Waals surface area contributed by atoms with Crippen LogP contribution in [0.2, 0.25) is 5.15 Å². The van der Waals surface area contributed by atoms with Crippen LogP contribution in [0.5, 0.6) is 0 Å². The molecule has 3 N–H and O–H groups in total. The molecular formula is C10H12ClN3O. The molecule has 0 aliphatic carbocycles. The van der Waals surface area contributed by atoms with Crippen LogP contribution in [0.15, 0.2) is 18.3 Å². The molecule has 0 fully saturated rings. The van der Waals surface area contributed by atoms with Crippen molar-refractivity contribution in [2.24, 2.45) is 0 Å². The van der Waals surface area contributed by atoms with Crippen LogP contribution in [0.4, 0.5) is 5.69 Å². The van der Waals surface area contributed by atoms with E-state index in [-0.39, 0.29) is 5.91 Å². The second-order valence-corrected chi connectivity index (χ2v) is 3.30. The molecule has 0 atom stereocenters. The number of nitrogens with two attached hydrogens (primary N) is 1. The van der Waals surface area contributed by atoms with Gasteiger partial charge in [-0.05, 0) is 6.07 Å². The quantitative estimate of drug-likeness (QED) is 0.766. The Morgan fingerprint density at radius 1 is 1.73 bits per heavy atom. The van der Waals surface area contributed by atoms with Gasteiger partial charge in [0.15, 0.2) is 0 Å². The van der Waals surface area contributed by atoms with Crippen molar-refractivity contribution in [2.75, 3.05) is 12.3 Å². The molecule has 1 heterocycles. The maximum atomic E-state index is 10.6. The molecule has 0 saturated carbocycles. The van der Waals surface area contributed by atoms with Crippen molar-refractivity contribution in [1.82, 2.24) is 10.3 Å². The summed E-state index contributed by atoms with van der Waals surface area (Å²) < 4.78 is 0. The molecule has 0 spiro atoms. The van der Waals surface area contributed by atoms with E-state index >= 15 is 0 Å². The van der Waals surface area contributed by atoms with Crippen LogP contribution in [-0.4, -0.2) is 17.4 Å². The van der Waals surface area contributed by atoms with E-state index in [1.54, 1.807) is 24.4 Å². The number of rotatable bonds is 3. The summed E-state index contributed by atoms with van der Waals surface area (Å²) in [5.74, 6) is -0.0788. The van der Waals surface area contributed by atoms with Gasteiger partial charge in [-0.3, -0.25) is 4.79 Å². The Labute approximate surface area is 93.1 Å². The van der Waals surface area contributed by atoms with Crippen LogP contribution in [0, 0.1) is 0 Å². The topological polar surface area (TPSA) is 68.0 Å². The van der Waals surface area contributed by atoms with Crippen LogP contribution in [0.3, 0.4) is 0 Å². The van der Waals surface area contributed by atoms with Gasteiger partial charge in [-0.15, -0.1) is 0 Å². The number of nitrogens with one attached hydrogen (secondary N) is 1. The predicted molar refractivity (Wildman–Crippen MR) is 61.4 cm³/mol. The zero-order chi connectivity index (χ0) is 11.3. The summed E-state index contributed by atoms with van der Waals surface area (Å²) in [6, 6.07) is 1.67. The van der Waals surface area contributed by atoms with E-state index in [0.717, 1.165) is 0 Å². The van der Waals surface area contributed by atoms with E-state index in [2.05, 4.69) is 10.3 Å². The monoisotopic (exact) mass is 225 g/mol. The first kappa shape index (κ1) is 11.5. The third-order valence-electron chi connectivity index (χ3n) is 1.73. The lowest BCUT2D eigenvalue weighted by atomic mass is 10.2. The van der Waals surface area contributed by atoms with Crippen molar-refractivity contribution in [3.05, 3.63) is 29.1 Å². The standard InChI is InChI=1S/C10H12ClN3O/c1-7(15)13-5-2-3-8-9(12)4-6-14-10(8)11/h2-4,6H,5H2,1H3,(H2,12,14)(H,13,15). The van der Waals surface area contributed by atoms with E-state index in [4.69, 9.17) is 17.3 Å². The zero-order valence-electron chi connectivity index (χ0n) is 8.33. The number of nitrogens with zero attached hydrogens (tertiary/aromatic N) is 1. The minimum absolute atomic E-state index is 0.0788. The molecule has 0 saturated heterocycles. The highest BCUT2D eigenvalue weighted by atomic mass is 35.5. The third kappa shape index (κ3) is 3.59. The summed E-state index contributed by atoms with van der Waals surface area (Å²) >= 11 is 5.84. The van der Waals surface area contributed by atoms with Crippen molar-refractivity contribution in [1.29, 1.82) is 0 Å². The zero-order valence-corrected chi connectivity index (χ0v) is 9.08. The van der Waals surface area contributed by atoms with Gasteiger partial charge in [0.05, 0.1) is 0 Å². The number of aromatic nitrogens is 1. The first-order valence-electron chi connectivity index (χ1n) is 4.42. The maximum Gasteiger partial charge on any atom is 0.217 e. The van der Waals surface area contributed by atoms with Gasteiger partial charge >= 0.3 is 0 Å². The molecule has 1 aromatic rings. The second-order valence-electron chi connectivity index (χ2n) is 2.94. The molecule has 15 heavy (non-hydrogen) atoms. The Hall–Kier alpha value is -1.55. The molecule has 4 nitrogen and oxygen atoms in total. The fraction of sp³-hybridized carbons (Fsp3) is 0.200. The largest absolute Gasteiger partial charge is 0.398 e. The number of hydrogen-bond acceptors (Lipinski definition) is 3. The molecule has 80 valence electrons. The Morgan fingerprint density at radius 3 is 3.07 bits per heavy atom. The molecule has 1 rings (SSSR count). The summed E-state index contributed by atoms with van der Waals surface area (Å²) in [5, 5.41) is 2.98. The first-order chi connectivity index (χ1) is 7.11. The summed E-state index contributed by atoms with van der Waals surface area (Å²) in [7, 11) is 0. The number of anilines is 1. The van der Waals surface area contributed by atoms with Gasteiger partial charge in [0.25, 0.3) is 0 Å². The number of amides is 1. The summed E-state index contributed by atoms with van der Waals surface area (Å²) in [4.78, 5) is 14.5. The highest BCUT2D eigenvalue weighted by Crippen LogP contribution is 2.20. The minimum Gasteiger partial charge on any atom is -0.398 e. The maximum absolute atomic E-state index is 10.6. The molecular weight excluding hydrogens is 214 g/mol. The predicted octanol–water partition coefficient (Wildman–Crippen LogP) is 1.47. The Balaban J connectivity index is 2.67. The van der Waals surface area contributed by atoms with E-state index in [1.807, 2.05) is 0 Å². The molecule has 5 heteroatoms. The minimum atomic E-state index is -0.0788. The van der Waals surface area contributed by atoms with E-state index < -0.39 is 0 Å². The molecule has 0 aromatic carbocycles. The van der Waals surface area contributed by atoms with Crippen molar-refractivity contribution >= 4 is 29.3 Å². The van der Waals surface area contributed by atoms with Gasteiger partial charge in [0, 0.05) is 30.9 Å². The average molecular weight is 226 g/mol. The highest BCUT2D eigenvalue weighted by Gasteiger charge is 2.00. The SMILES string of the molecule is CC(=O)NCC=Cc1c(N)ccnc1Cl. The lowest BCUT2D eigenvalue weighted by Crippen LogP contribution is -2.19. The fourth-order valence-electron chi connectivity index (χ4n) is 1.01. The molecule has 0 unspecified atom stereocenters. The van der Waals surface area contributed by atoms with Crippen LogP contribution >= 0.6 is 11.6 Å². The van der Waals surface area contributed by atoms with Crippen LogP contribution in [-0.2, 0) is 4.79 Å². The first-order valence-corrected chi connectivity index (χ1v) is 4.80. The van der Waals surface area contributed by atoms with Gasteiger partial charge in [0.1, 0.15) is 5.15 Å². The van der Waals surface area contributed by atoms with Gasteiger partial charge in [-0.1, -0.05) is 23.8 Å². The lowest BCUT2D eigenvalue weighted by molar-refractivity contribution is -0.118. The van der Waals surface area contributed by atoms with Gasteiger partial charge in [-0.2, -0.15) is 0 Å². The summed E-state index contributed by atoms with van der Waals surface area (Å²) in [5.41, 5.74) is 6.94. The number of halogens is 1. The molecule has 0 bridgehead atoms. The van der Waals surface area contributed by atoms with Crippen molar-refractivity contribution < 1.29 is 4.79 Å². The Morgan fingerprint density at radius 2 is 2.47 bits per heavy atom. The Kier molecular flexibility index (Phi) is 4.12. The third-order valence-corrected chi connectivity index (χ3v) is 2.03. The molecule has 1 aromatic heterocycles. The normalized spacial score (nSPS) is 10.5. The van der Waals surface area contributed by atoms with Gasteiger partial charge in [-0.25, -0.2) is 4.98 Å². The van der Waals surface area contributed by atoms with Crippen molar-refractivity contribution in [3.8, 4) is 0 Å². The Bertz CT molecular complexity index is 370.